The molecule has 542 valence electrons. The molecule has 12 rings (SSSR count). The van der Waals surface area contributed by atoms with Gasteiger partial charge in [-0.3, -0.25) is 9.59 Å². The van der Waals surface area contributed by atoms with E-state index in [4.69, 9.17) is 25.1 Å². The molecule has 3 aliphatic heterocycles. The summed E-state index contributed by atoms with van der Waals surface area (Å²) in [5.74, 6) is 2.36. The summed E-state index contributed by atoms with van der Waals surface area (Å²) in [4.78, 5) is 42.7. The standard InChI is InChI=1S/2C23H24F2N6O3.C13H16N6.C10H10F2O4/c2*1-33-21(16-4-2-6-18(13-16)34-23(24)25)22(32)27-19-7-8-20(30-29-19)31-11-9-15(14-31)12-17-5-3-10-26-28-17;14-12-3-4-13(18-17-12)19-7-5-10(9-19)8-11-2-1-6-15-16-11;1-15-8(9(13)14)6-3-2-4-7(5-6)16-10(11)12/h2*2-8,10,13,15,21,23H,9,11-12,14H2,1H3,(H,27,29,32);1-4,6,10H,5,7-9H2,(H2,14,17);2-5,8,10H,1H3,(H,13,14)/t15-,21+;15-,21-;10-;/m000./s1. The van der Waals surface area contributed by atoms with Crippen LogP contribution >= 0.6 is 0 Å². The van der Waals surface area contributed by atoms with Crippen LogP contribution in [0, 0.1) is 17.8 Å². The zero-order chi connectivity index (χ0) is 73.0. The molecule has 0 aliphatic carbocycles. The highest BCUT2D eigenvalue weighted by atomic mass is 19.3. The number of amides is 2. The van der Waals surface area contributed by atoms with Crippen LogP contribution in [-0.4, -0.2) is 165 Å². The second-order valence-electron chi connectivity index (χ2n) is 23.4. The zero-order valence-electron chi connectivity index (χ0n) is 55.9. The fourth-order valence-corrected chi connectivity index (χ4v) is 11.6. The lowest BCUT2D eigenvalue weighted by Gasteiger charge is -2.18. The van der Waals surface area contributed by atoms with Crippen molar-refractivity contribution in [3.8, 4) is 17.2 Å². The number of carbonyl (C=O) groups is 3. The Morgan fingerprint density at radius 3 is 1.07 bits per heavy atom. The number of nitrogens with zero attached hydrogens (tertiary/aromatic N) is 15. The number of nitrogen functional groups attached to an aromatic ring is 1. The van der Waals surface area contributed by atoms with Crippen molar-refractivity contribution < 1.29 is 74.3 Å². The lowest BCUT2D eigenvalue weighted by molar-refractivity contribution is -0.149. The second kappa shape index (κ2) is 38.4. The largest absolute Gasteiger partial charge is 0.479 e. The first-order valence-electron chi connectivity index (χ1n) is 32.3. The number of carbonyl (C=O) groups excluding carboxylic acids is 2. The van der Waals surface area contributed by atoms with Crippen LogP contribution in [0.2, 0.25) is 0 Å². The van der Waals surface area contributed by atoms with E-state index in [9.17, 15) is 40.7 Å². The average molecular weight is 1430 g/mol. The van der Waals surface area contributed by atoms with Crippen molar-refractivity contribution in [3.63, 3.8) is 0 Å². The molecule has 0 bridgehead atoms. The highest BCUT2D eigenvalue weighted by Crippen LogP contribution is 2.31. The molecule has 3 aromatic carbocycles. The van der Waals surface area contributed by atoms with Gasteiger partial charge in [-0.2, -0.15) is 56.9 Å². The monoisotopic (exact) mass is 1430 g/mol. The molecule has 1 unspecified atom stereocenters. The van der Waals surface area contributed by atoms with Crippen molar-refractivity contribution in [1.29, 1.82) is 0 Å². The number of carboxylic acids is 1. The molecule has 6 aromatic heterocycles. The van der Waals surface area contributed by atoms with Gasteiger partial charge in [-0.1, -0.05) is 36.4 Å². The Balaban J connectivity index is 0.000000167. The number of benzene rings is 3. The first-order valence-corrected chi connectivity index (χ1v) is 32.3. The third-order valence-electron chi connectivity index (χ3n) is 16.2. The number of ether oxygens (including phenoxy) is 6. The van der Waals surface area contributed by atoms with E-state index in [-0.39, 0.29) is 34.4 Å². The predicted octanol–water partition coefficient (Wildman–Crippen LogP) is 9.50. The van der Waals surface area contributed by atoms with E-state index in [0.717, 1.165) is 112 Å². The molecular weight excluding hydrogens is 1350 g/mol. The van der Waals surface area contributed by atoms with Crippen LogP contribution in [0.1, 0.15) is 71.3 Å². The van der Waals surface area contributed by atoms with E-state index in [2.05, 4.69) is 101 Å². The molecule has 0 radical (unpaired) electrons. The van der Waals surface area contributed by atoms with E-state index < -0.39 is 55.9 Å². The summed E-state index contributed by atoms with van der Waals surface area (Å²) in [6.07, 6.45) is 7.60. The maximum atomic E-state index is 12.7. The van der Waals surface area contributed by atoms with E-state index in [1.54, 1.807) is 61.1 Å². The molecule has 6 atom stereocenters. The number of hydrogen-bond acceptors (Lipinski definition) is 25. The van der Waals surface area contributed by atoms with Crippen LogP contribution < -0.4 is 45.3 Å². The summed E-state index contributed by atoms with van der Waals surface area (Å²) in [5, 5.41) is 63.0. The molecule has 34 heteroatoms. The van der Waals surface area contributed by atoms with Crippen molar-refractivity contribution >= 4 is 52.7 Å². The normalized spacial score (nSPS) is 16.3. The van der Waals surface area contributed by atoms with E-state index in [1.165, 1.54) is 82.0 Å². The van der Waals surface area contributed by atoms with E-state index >= 15 is 0 Å². The molecule has 2 amide bonds. The number of aromatic nitrogens is 12. The Kier molecular flexibility index (Phi) is 28.3. The number of aliphatic carboxylic acids is 1. The highest BCUT2D eigenvalue weighted by Gasteiger charge is 2.29. The van der Waals surface area contributed by atoms with Gasteiger partial charge in [0.15, 0.2) is 47.4 Å². The molecule has 103 heavy (non-hydrogen) atoms. The molecule has 0 saturated carbocycles. The van der Waals surface area contributed by atoms with Crippen molar-refractivity contribution in [2.24, 2.45) is 17.8 Å². The number of hydrogen-bond donors (Lipinski definition) is 4. The molecule has 3 aliphatic rings. The van der Waals surface area contributed by atoms with Gasteiger partial charge in [-0.05, 0) is 182 Å². The number of carboxylic acid groups (broad SMARTS) is 1. The fraction of sp³-hybridized carbons (Fsp3) is 0.348. The quantitative estimate of drug-likeness (QED) is 0.0366. The summed E-state index contributed by atoms with van der Waals surface area (Å²) in [6, 6.07) is 39.3. The lowest BCUT2D eigenvalue weighted by Crippen LogP contribution is -2.24. The first kappa shape index (κ1) is 75.8. The van der Waals surface area contributed by atoms with Gasteiger partial charge < -0.3 is 64.6 Å². The third-order valence-corrected chi connectivity index (χ3v) is 16.2. The third kappa shape index (κ3) is 23.6. The summed E-state index contributed by atoms with van der Waals surface area (Å²) in [5.41, 5.74) is 9.52. The predicted molar refractivity (Wildman–Crippen MR) is 362 cm³/mol. The minimum atomic E-state index is -2.96. The molecule has 0 spiro atoms. The Labute approximate surface area is 587 Å². The van der Waals surface area contributed by atoms with Gasteiger partial charge in [0.1, 0.15) is 23.1 Å². The Bertz CT molecular complexity index is 3900. The minimum absolute atomic E-state index is 0.0604. The SMILES string of the molecule is COC(C(=O)O)c1cccc(OC(F)F)c1.CO[C@@H](C(=O)Nc1ccc(N2CC[C@@H](Cc3cccnn3)C2)nn1)c1cccc(OC(F)F)c1.CO[C@H](C(=O)Nc1ccc(N2CC[C@@H](Cc3cccnn3)C2)nn1)c1cccc(OC(F)F)c1.Nc1ccc(N2CC[C@@H](Cc3cccnn3)C2)nn1. The molecule has 28 nitrogen and oxygen atoms in total. The van der Waals surface area contributed by atoms with Crippen LogP contribution in [0.25, 0.3) is 0 Å². The molecule has 9 heterocycles. The van der Waals surface area contributed by atoms with Crippen LogP contribution in [0.5, 0.6) is 17.2 Å². The molecule has 3 fully saturated rings. The Morgan fingerprint density at radius 2 is 0.786 bits per heavy atom. The summed E-state index contributed by atoms with van der Waals surface area (Å²) in [6.45, 7) is -3.50. The molecule has 3 saturated heterocycles. The van der Waals surface area contributed by atoms with Gasteiger partial charge in [-0.15, -0.1) is 30.6 Å². The number of anilines is 6. The topological polar surface area (TPSA) is 341 Å². The van der Waals surface area contributed by atoms with Crippen molar-refractivity contribution in [2.75, 3.05) is 91.7 Å². The Hall–Kier alpha value is -11.4. The average Bonchev–Trinajstić information content (AvgIpc) is 1.81. The van der Waals surface area contributed by atoms with Crippen LogP contribution in [0.3, 0.4) is 0 Å². The van der Waals surface area contributed by atoms with Crippen molar-refractivity contribution in [3.05, 3.63) is 198 Å². The van der Waals surface area contributed by atoms with Gasteiger partial charge >= 0.3 is 25.8 Å². The van der Waals surface area contributed by atoms with Gasteiger partial charge in [0.25, 0.3) is 11.8 Å². The summed E-state index contributed by atoms with van der Waals surface area (Å²) >= 11 is 0. The maximum absolute atomic E-state index is 12.7. The zero-order valence-corrected chi connectivity index (χ0v) is 55.9. The lowest BCUT2D eigenvalue weighted by atomic mass is 10.0. The van der Waals surface area contributed by atoms with E-state index in [1.807, 2.05) is 42.5 Å². The van der Waals surface area contributed by atoms with Gasteiger partial charge in [0.05, 0.1) is 17.1 Å². The van der Waals surface area contributed by atoms with Gasteiger partial charge in [0.2, 0.25) is 0 Å². The van der Waals surface area contributed by atoms with E-state index in [0.29, 0.717) is 34.7 Å². The number of nitrogens with one attached hydrogen (secondary N) is 2. The van der Waals surface area contributed by atoms with Crippen molar-refractivity contribution in [2.45, 2.75) is 76.7 Å². The minimum Gasteiger partial charge on any atom is -0.479 e. The first-order chi connectivity index (χ1) is 49.9. The van der Waals surface area contributed by atoms with Crippen molar-refractivity contribution in [1.82, 2.24) is 61.2 Å². The molecule has 5 N–H and O–H groups in total. The maximum Gasteiger partial charge on any atom is 0.387 e. The number of rotatable bonds is 26. The van der Waals surface area contributed by atoms with Gasteiger partial charge in [0, 0.05) is 79.2 Å². The highest BCUT2D eigenvalue weighted by molar-refractivity contribution is 5.95. The van der Waals surface area contributed by atoms with Gasteiger partial charge in [-0.25, -0.2) is 4.79 Å². The smallest absolute Gasteiger partial charge is 0.387 e. The van der Waals surface area contributed by atoms with Crippen LogP contribution in [0.4, 0.5) is 61.2 Å². The number of alkyl halides is 6. The summed E-state index contributed by atoms with van der Waals surface area (Å²) < 4.78 is 102. The van der Waals surface area contributed by atoms with Crippen LogP contribution in [0.15, 0.2) is 164 Å². The second-order valence-corrected chi connectivity index (χ2v) is 23.4. The fourth-order valence-electron chi connectivity index (χ4n) is 11.6. The Morgan fingerprint density at radius 1 is 0.447 bits per heavy atom. The van der Waals surface area contributed by atoms with Crippen LogP contribution in [-0.2, 0) is 47.9 Å². The molecule has 9 aromatic rings. The number of nitrogens with two attached hydrogens (primary N) is 1. The number of methoxy groups -OCH3 is 3. The number of halogens is 6. The molecular formula is C69H74F6N18O10. The summed E-state index contributed by atoms with van der Waals surface area (Å²) in [7, 11) is 3.93.